The highest BCUT2D eigenvalue weighted by Gasteiger charge is 2.13. The number of aryl methyl sites for hydroxylation is 3. The van der Waals surface area contributed by atoms with E-state index in [1.54, 1.807) is 0 Å². The summed E-state index contributed by atoms with van der Waals surface area (Å²) in [4.78, 5) is 11.2. The van der Waals surface area contributed by atoms with Crippen molar-refractivity contribution in [1.82, 2.24) is 9.78 Å². The van der Waals surface area contributed by atoms with Crippen LogP contribution in [0, 0.1) is 6.92 Å². The fourth-order valence-corrected chi connectivity index (χ4v) is 4.20. The van der Waals surface area contributed by atoms with Crippen molar-refractivity contribution < 1.29 is 9.90 Å². The molecule has 0 aliphatic rings. The minimum atomic E-state index is -0.778. The van der Waals surface area contributed by atoms with Crippen LogP contribution >= 0.6 is 0 Å². The average Bonchev–Trinajstić information content (AvgIpc) is 3.17. The van der Waals surface area contributed by atoms with Crippen molar-refractivity contribution in [2.75, 3.05) is 5.32 Å². The van der Waals surface area contributed by atoms with Gasteiger partial charge in [-0.1, -0.05) is 44.2 Å². The molecule has 4 aromatic rings. The molecule has 4 rings (SSSR count). The molecule has 5 heteroatoms. The summed E-state index contributed by atoms with van der Waals surface area (Å²) in [7, 11) is 1.94. The second kappa shape index (κ2) is 9.49. The van der Waals surface area contributed by atoms with Gasteiger partial charge in [-0.05, 0) is 71.3 Å². The number of carboxylic acids is 1. The number of rotatable bonds is 8. The molecule has 0 saturated heterocycles. The van der Waals surface area contributed by atoms with Crippen molar-refractivity contribution in [2.45, 2.75) is 46.1 Å². The van der Waals surface area contributed by atoms with E-state index in [0.717, 1.165) is 38.8 Å². The second-order valence-electron chi connectivity index (χ2n) is 9.01. The Bertz CT molecular complexity index is 1290. The maximum Gasteiger partial charge on any atom is 0.303 e. The Morgan fingerprint density at radius 3 is 2.55 bits per heavy atom. The number of anilines is 1. The van der Waals surface area contributed by atoms with Crippen molar-refractivity contribution in [3.05, 3.63) is 83.0 Å². The largest absolute Gasteiger partial charge is 0.481 e. The molecule has 0 saturated carbocycles. The number of hydrogen-bond acceptors (Lipinski definition) is 3. The predicted molar refractivity (Wildman–Crippen MR) is 135 cm³/mol. The quantitative estimate of drug-likeness (QED) is 0.337. The molecule has 5 nitrogen and oxygen atoms in total. The zero-order valence-corrected chi connectivity index (χ0v) is 19.7. The molecule has 0 fully saturated rings. The molecule has 0 aliphatic heterocycles. The summed E-state index contributed by atoms with van der Waals surface area (Å²) < 4.78 is 1.87. The van der Waals surface area contributed by atoms with Gasteiger partial charge in [0.05, 0.1) is 11.7 Å². The number of nitrogens with zero attached hydrogens (tertiary/aromatic N) is 2. The van der Waals surface area contributed by atoms with E-state index < -0.39 is 5.97 Å². The monoisotopic (exact) mass is 441 g/mol. The number of nitrogens with one attached hydrogen (secondary N) is 1. The van der Waals surface area contributed by atoms with Gasteiger partial charge in [0.1, 0.15) is 0 Å². The fraction of sp³-hybridized carbons (Fsp3) is 0.286. The van der Waals surface area contributed by atoms with Crippen LogP contribution in [0.3, 0.4) is 0 Å². The van der Waals surface area contributed by atoms with Gasteiger partial charge in [-0.3, -0.25) is 9.48 Å². The molecule has 0 spiro atoms. The molecule has 1 heterocycles. The Balaban J connectivity index is 1.69. The van der Waals surface area contributed by atoms with Gasteiger partial charge in [0.25, 0.3) is 0 Å². The number of carboxylic acid groups (broad SMARTS) is 1. The molecular weight excluding hydrogens is 410 g/mol. The third-order valence-corrected chi connectivity index (χ3v) is 6.27. The third-order valence-electron chi connectivity index (χ3n) is 6.27. The highest BCUT2D eigenvalue weighted by atomic mass is 16.4. The molecule has 1 aromatic heterocycles. The first kappa shape index (κ1) is 22.6. The molecular formula is C28H31N3O2. The van der Waals surface area contributed by atoms with E-state index in [2.05, 4.69) is 78.9 Å². The van der Waals surface area contributed by atoms with E-state index in [1.807, 2.05) is 24.9 Å². The van der Waals surface area contributed by atoms with E-state index in [0.29, 0.717) is 18.9 Å². The first-order valence-corrected chi connectivity index (χ1v) is 11.4. The lowest BCUT2D eigenvalue weighted by Crippen LogP contribution is -2.04. The van der Waals surface area contributed by atoms with Crippen molar-refractivity contribution in [2.24, 2.45) is 7.05 Å². The summed E-state index contributed by atoms with van der Waals surface area (Å²) in [6.07, 6.45) is 2.51. The number of benzene rings is 3. The van der Waals surface area contributed by atoms with E-state index in [-0.39, 0.29) is 6.42 Å². The van der Waals surface area contributed by atoms with Crippen LogP contribution in [0.1, 0.15) is 48.4 Å². The highest BCUT2D eigenvalue weighted by molar-refractivity contribution is 5.88. The fourth-order valence-electron chi connectivity index (χ4n) is 4.20. The van der Waals surface area contributed by atoms with Gasteiger partial charge in [0.2, 0.25) is 0 Å². The minimum absolute atomic E-state index is 0.122. The van der Waals surface area contributed by atoms with E-state index in [1.165, 1.54) is 11.1 Å². The molecule has 0 radical (unpaired) electrons. The normalized spacial score (nSPS) is 11.3. The third kappa shape index (κ3) is 5.08. The SMILES string of the molecule is Cc1cc(NCc2ccc(C(C)C)cc2)c(-c2ccc3c(cnn3C)c2)cc1CCC(=O)O. The first-order valence-electron chi connectivity index (χ1n) is 11.4. The number of carbonyl (C=O) groups is 1. The van der Waals surface area contributed by atoms with Crippen LogP contribution in [-0.4, -0.2) is 20.9 Å². The van der Waals surface area contributed by atoms with Gasteiger partial charge in [0, 0.05) is 36.7 Å². The van der Waals surface area contributed by atoms with Crippen molar-refractivity contribution in [3.8, 4) is 11.1 Å². The maximum atomic E-state index is 11.2. The molecule has 0 atom stereocenters. The standard InChI is InChI=1S/C28H31N3O2/c1-18(2)21-7-5-20(6-8-21)16-29-26-13-19(3)22(10-12-28(32)33)15-25(26)23-9-11-27-24(14-23)17-30-31(27)4/h5-9,11,13-15,17-18,29H,10,12,16H2,1-4H3,(H,32,33). The van der Waals surface area contributed by atoms with Gasteiger partial charge in [0.15, 0.2) is 0 Å². The van der Waals surface area contributed by atoms with Crippen molar-refractivity contribution >= 4 is 22.6 Å². The van der Waals surface area contributed by atoms with Crippen LogP contribution in [0.5, 0.6) is 0 Å². The minimum Gasteiger partial charge on any atom is -0.481 e. The molecule has 33 heavy (non-hydrogen) atoms. The number of aromatic nitrogens is 2. The van der Waals surface area contributed by atoms with Crippen LogP contribution in [-0.2, 0) is 24.8 Å². The van der Waals surface area contributed by atoms with E-state index in [4.69, 9.17) is 5.11 Å². The van der Waals surface area contributed by atoms with E-state index in [9.17, 15) is 4.79 Å². The lowest BCUT2D eigenvalue weighted by Gasteiger charge is -2.17. The zero-order valence-electron chi connectivity index (χ0n) is 19.7. The zero-order chi connectivity index (χ0) is 23.5. The lowest BCUT2D eigenvalue weighted by molar-refractivity contribution is -0.136. The van der Waals surface area contributed by atoms with Gasteiger partial charge in [-0.25, -0.2) is 0 Å². The summed E-state index contributed by atoms with van der Waals surface area (Å²) in [5.41, 5.74) is 9.00. The van der Waals surface area contributed by atoms with Crippen molar-refractivity contribution in [1.29, 1.82) is 0 Å². The molecule has 0 bridgehead atoms. The Labute approximate surface area is 195 Å². The van der Waals surface area contributed by atoms with E-state index >= 15 is 0 Å². The Hall–Kier alpha value is -3.60. The van der Waals surface area contributed by atoms with Gasteiger partial charge in [-0.15, -0.1) is 0 Å². The van der Waals surface area contributed by atoms with Crippen LogP contribution in [0.15, 0.2) is 60.8 Å². The van der Waals surface area contributed by atoms with Crippen LogP contribution < -0.4 is 5.32 Å². The summed E-state index contributed by atoms with van der Waals surface area (Å²) >= 11 is 0. The second-order valence-corrected chi connectivity index (χ2v) is 9.01. The lowest BCUT2D eigenvalue weighted by atomic mass is 9.94. The van der Waals surface area contributed by atoms with Gasteiger partial charge >= 0.3 is 5.97 Å². The Morgan fingerprint density at radius 2 is 1.85 bits per heavy atom. The molecule has 0 amide bonds. The van der Waals surface area contributed by atoms with Crippen LogP contribution in [0.4, 0.5) is 5.69 Å². The predicted octanol–water partition coefficient (Wildman–Crippen LogP) is 6.30. The summed E-state index contributed by atoms with van der Waals surface area (Å²) in [5, 5.41) is 18.2. The molecule has 2 N–H and O–H groups in total. The number of fused-ring (bicyclic) bond motifs is 1. The molecule has 0 unspecified atom stereocenters. The molecule has 0 aliphatic carbocycles. The highest BCUT2D eigenvalue weighted by Crippen LogP contribution is 2.34. The topological polar surface area (TPSA) is 67.2 Å². The van der Waals surface area contributed by atoms with Gasteiger partial charge in [-0.2, -0.15) is 5.10 Å². The summed E-state index contributed by atoms with van der Waals surface area (Å²) in [6, 6.07) is 19.4. The Kier molecular flexibility index (Phi) is 6.50. The molecule has 3 aromatic carbocycles. The van der Waals surface area contributed by atoms with Gasteiger partial charge < -0.3 is 10.4 Å². The van der Waals surface area contributed by atoms with Crippen LogP contribution in [0.25, 0.3) is 22.0 Å². The van der Waals surface area contributed by atoms with Crippen LogP contribution in [0.2, 0.25) is 0 Å². The van der Waals surface area contributed by atoms with Crippen molar-refractivity contribution in [3.63, 3.8) is 0 Å². The first-order chi connectivity index (χ1) is 15.8. The summed E-state index contributed by atoms with van der Waals surface area (Å²) in [5.74, 6) is -0.262. The molecule has 170 valence electrons. The number of aliphatic carboxylic acids is 1. The average molecular weight is 442 g/mol. The Morgan fingerprint density at radius 1 is 1.09 bits per heavy atom. The maximum absolute atomic E-state index is 11.2. The number of hydrogen-bond donors (Lipinski definition) is 2. The summed E-state index contributed by atoms with van der Waals surface area (Å²) in [6.45, 7) is 7.17. The smallest absolute Gasteiger partial charge is 0.303 e.